The molecule has 39 heavy (non-hydrogen) atoms. The van der Waals surface area contributed by atoms with Crippen molar-refractivity contribution in [3.05, 3.63) is 23.3 Å². The number of ketones is 2. The predicted octanol–water partition coefficient (Wildman–Crippen LogP) is 6.29. The highest BCUT2D eigenvalue weighted by Crippen LogP contribution is 2.74. The minimum Gasteiger partial charge on any atom is -0.379 e. The van der Waals surface area contributed by atoms with E-state index in [1.54, 1.807) is 0 Å². The molecular formula is C34H48N2O3. The van der Waals surface area contributed by atoms with Crippen molar-refractivity contribution in [3.63, 3.8) is 0 Å². The second-order valence-electron chi connectivity index (χ2n) is 15.8. The normalized spacial score (nSPS) is 49.4. The van der Waals surface area contributed by atoms with Gasteiger partial charge in [-0.05, 0) is 86.0 Å². The van der Waals surface area contributed by atoms with E-state index < -0.39 is 10.8 Å². The molecule has 6 aliphatic rings. The van der Waals surface area contributed by atoms with E-state index in [0.717, 1.165) is 52.0 Å². The molecule has 1 heterocycles. The molecule has 0 bridgehead atoms. The van der Waals surface area contributed by atoms with Crippen molar-refractivity contribution in [3.8, 4) is 6.07 Å². The van der Waals surface area contributed by atoms with Crippen LogP contribution >= 0.6 is 0 Å². The van der Waals surface area contributed by atoms with E-state index in [-0.39, 0.29) is 45.0 Å². The van der Waals surface area contributed by atoms with E-state index in [4.69, 9.17) is 4.74 Å². The van der Waals surface area contributed by atoms with Gasteiger partial charge >= 0.3 is 0 Å². The van der Waals surface area contributed by atoms with Gasteiger partial charge in [0.2, 0.25) is 0 Å². The lowest BCUT2D eigenvalue weighted by molar-refractivity contribution is -0.173. The first-order valence-corrected chi connectivity index (χ1v) is 15.4. The monoisotopic (exact) mass is 532 g/mol. The van der Waals surface area contributed by atoms with Crippen molar-refractivity contribution in [2.45, 2.75) is 99.0 Å². The number of Topliss-reactive ketones (excluding diaryl/α,β-unsaturated/α-hetero) is 1. The smallest absolute Gasteiger partial charge is 0.178 e. The summed E-state index contributed by atoms with van der Waals surface area (Å²) >= 11 is 0. The zero-order chi connectivity index (χ0) is 28.2. The number of ether oxygens (including phenoxy) is 1. The van der Waals surface area contributed by atoms with Crippen molar-refractivity contribution in [1.29, 1.82) is 5.26 Å². The molecule has 6 rings (SSSR count). The van der Waals surface area contributed by atoms with Crippen LogP contribution in [0.2, 0.25) is 0 Å². The van der Waals surface area contributed by atoms with E-state index in [1.807, 2.05) is 26.0 Å². The lowest BCUT2D eigenvalue weighted by atomic mass is 9.34. The summed E-state index contributed by atoms with van der Waals surface area (Å²) in [6.45, 7) is 19.6. The molecule has 212 valence electrons. The van der Waals surface area contributed by atoms with E-state index in [2.05, 4.69) is 45.6 Å². The molecule has 0 aromatic heterocycles. The molecule has 0 aromatic carbocycles. The van der Waals surface area contributed by atoms with Gasteiger partial charge in [0.25, 0.3) is 0 Å². The Morgan fingerprint density at radius 1 is 0.949 bits per heavy atom. The molecule has 0 radical (unpaired) electrons. The number of nitrogens with zero attached hydrogens (tertiary/aromatic N) is 2. The highest BCUT2D eigenvalue weighted by molar-refractivity contribution is 6.04. The Bertz CT molecular complexity index is 1220. The first-order chi connectivity index (χ1) is 18.2. The van der Waals surface area contributed by atoms with Gasteiger partial charge in [0.1, 0.15) is 6.07 Å². The predicted molar refractivity (Wildman–Crippen MR) is 152 cm³/mol. The first kappa shape index (κ1) is 27.4. The maximum absolute atomic E-state index is 14.5. The summed E-state index contributed by atoms with van der Waals surface area (Å²) in [4.78, 5) is 30.5. The largest absolute Gasteiger partial charge is 0.379 e. The SMILES string of the molecule is CC1(C)C(=O)C(C#N)=C[C@]2(C)C3=CC(=O)[C@@H]4[C@@H]5C[C@@](C)(N6CCOCC6)CC[C@]5(C)CC[C@@]4(C)[C@]3(C)CC[C@@H]12. The fourth-order valence-electron chi connectivity index (χ4n) is 11.1. The quantitative estimate of drug-likeness (QED) is 0.397. The zero-order valence-electron chi connectivity index (χ0n) is 25.3. The highest BCUT2D eigenvalue weighted by Gasteiger charge is 2.69. The Balaban J connectivity index is 1.45. The van der Waals surface area contributed by atoms with Crippen LogP contribution in [0.5, 0.6) is 0 Å². The van der Waals surface area contributed by atoms with Crippen LogP contribution in [-0.2, 0) is 14.3 Å². The molecule has 5 aliphatic carbocycles. The zero-order valence-corrected chi connectivity index (χ0v) is 25.3. The number of morpholine rings is 1. The van der Waals surface area contributed by atoms with Gasteiger partial charge in [0, 0.05) is 35.4 Å². The van der Waals surface area contributed by atoms with E-state index in [9.17, 15) is 14.9 Å². The second kappa shape index (κ2) is 8.39. The minimum absolute atomic E-state index is 0.0171. The summed E-state index contributed by atoms with van der Waals surface area (Å²) in [6.07, 6.45) is 11.6. The number of hydrogen-bond donors (Lipinski definition) is 0. The average molecular weight is 533 g/mol. The summed E-state index contributed by atoms with van der Waals surface area (Å²) in [6, 6.07) is 2.22. The van der Waals surface area contributed by atoms with Gasteiger partial charge in [-0.25, -0.2) is 0 Å². The molecule has 8 atom stereocenters. The maximum Gasteiger partial charge on any atom is 0.178 e. The third kappa shape index (κ3) is 3.43. The van der Waals surface area contributed by atoms with Crippen molar-refractivity contribution in [2.24, 2.45) is 44.8 Å². The Labute approximate surface area is 235 Å². The molecule has 3 saturated carbocycles. The van der Waals surface area contributed by atoms with Crippen molar-refractivity contribution in [2.75, 3.05) is 26.3 Å². The number of carbonyl (C=O) groups excluding carboxylic acids is 2. The van der Waals surface area contributed by atoms with Gasteiger partial charge in [-0.2, -0.15) is 5.26 Å². The van der Waals surface area contributed by atoms with E-state index >= 15 is 0 Å². The Morgan fingerprint density at radius 3 is 2.28 bits per heavy atom. The van der Waals surface area contributed by atoms with Crippen LogP contribution in [0.15, 0.2) is 23.3 Å². The van der Waals surface area contributed by atoms with Gasteiger partial charge in [-0.1, -0.05) is 53.2 Å². The van der Waals surface area contributed by atoms with Crippen LogP contribution in [-0.4, -0.2) is 48.3 Å². The summed E-state index contributed by atoms with van der Waals surface area (Å²) in [5.74, 6) is 0.732. The van der Waals surface area contributed by atoms with E-state index in [1.165, 1.54) is 24.8 Å². The van der Waals surface area contributed by atoms with Crippen LogP contribution < -0.4 is 0 Å². The Hall–Kier alpha value is -1.77. The highest BCUT2D eigenvalue weighted by atomic mass is 16.5. The maximum atomic E-state index is 14.5. The summed E-state index contributed by atoms with van der Waals surface area (Å²) in [7, 11) is 0. The number of nitriles is 1. The second-order valence-corrected chi connectivity index (χ2v) is 15.8. The van der Waals surface area contributed by atoms with Crippen LogP contribution in [0.3, 0.4) is 0 Å². The molecule has 5 nitrogen and oxygen atoms in total. The summed E-state index contributed by atoms with van der Waals surface area (Å²) < 4.78 is 5.69. The standard InChI is InChI=1S/C34H48N2O3/c1-29(2)25-8-9-33(6)26(32(25,5)19-22(21-35)28(29)38)18-24(37)27-23-20-31(4,36-14-16-39-17-15-36)12-10-30(23,3)11-13-34(27,33)7/h18-19,23,25,27H,8-17,20H2,1-7H3/t23-,25-,27-,30+,31-,32-,33+,34+/m0/s1. The third-order valence-corrected chi connectivity index (χ3v) is 13.8. The van der Waals surface area contributed by atoms with Crippen LogP contribution in [0.1, 0.15) is 93.4 Å². The van der Waals surface area contributed by atoms with Gasteiger partial charge < -0.3 is 4.74 Å². The number of allylic oxidation sites excluding steroid dienone is 4. The minimum atomic E-state index is -0.619. The molecule has 0 amide bonds. The number of hydrogen-bond acceptors (Lipinski definition) is 5. The van der Waals surface area contributed by atoms with Crippen molar-refractivity contribution >= 4 is 11.6 Å². The molecule has 5 heteroatoms. The molecule has 0 N–H and O–H groups in total. The lowest BCUT2D eigenvalue weighted by Gasteiger charge is -2.69. The summed E-state index contributed by atoms with van der Waals surface area (Å²) in [5.41, 5.74) is 0.411. The molecule has 1 aliphatic heterocycles. The number of rotatable bonds is 1. The number of carbonyl (C=O) groups is 2. The van der Waals surface area contributed by atoms with Gasteiger partial charge in [-0.15, -0.1) is 0 Å². The Kier molecular flexibility index (Phi) is 5.89. The van der Waals surface area contributed by atoms with Crippen molar-refractivity contribution < 1.29 is 14.3 Å². The lowest BCUT2D eigenvalue weighted by Crippen LogP contribution is -2.66. The molecule has 0 unspecified atom stereocenters. The Morgan fingerprint density at radius 2 is 1.62 bits per heavy atom. The molecule has 0 spiro atoms. The van der Waals surface area contributed by atoms with Crippen LogP contribution in [0.25, 0.3) is 0 Å². The van der Waals surface area contributed by atoms with Crippen LogP contribution in [0.4, 0.5) is 0 Å². The fraction of sp³-hybridized carbons (Fsp3) is 0.794. The summed E-state index contributed by atoms with van der Waals surface area (Å²) in [5, 5.41) is 9.93. The topological polar surface area (TPSA) is 70.4 Å². The fourth-order valence-corrected chi connectivity index (χ4v) is 11.1. The van der Waals surface area contributed by atoms with Gasteiger partial charge in [-0.3, -0.25) is 14.5 Å². The van der Waals surface area contributed by atoms with Gasteiger partial charge in [0.15, 0.2) is 11.6 Å². The molecule has 0 aromatic rings. The third-order valence-electron chi connectivity index (χ3n) is 13.8. The van der Waals surface area contributed by atoms with Crippen molar-refractivity contribution in [1.82, 2.24) is 4.90 Å². The van der Waals surface area contributed by atoms with Crippen LogP contribution in [0, 0.1) is 56.2 Å². The molecule has 4 fully saturated rings. The number of fused-ring (bicyclic) bond motifs is 7. The molecular weight excluding hydrogens is 484 g/mol. The van der Waals surface area contributed by atoms with E-state index in [0.29, 0.717) is 11.7 Å². The average Bonchev–Trinajstić information content (AvgIpc) is 2.89. The van der Waals surface area contributed by atoms with Gasteiger partial charge in [0.05, 0.1) is 18.8 Å². The molecule has 1 saturated heterocycles. The first-order valence-electron chi connectivity index (χ1n) is 15.4.